The Kier molecular flexibility index (Phi) is 5.05. The minimum atomic E-state index is -0.485. The highest BCUT2D eigenvalue weighted by molar-refractivity contribution is 5.95. The molecule has 2 fully saturated rings. The van der Waals surface area contributed by atoms with Crippen LogP contribution in [0.3, 0.4) is 0 Å². The molecule has 152 valence electrons. The van der Waals surface area contributed by atoms with Gasteiger partial charge in [-0.15, -0.1) is 0 Å². The fourth-order valence-electron chi connectivity index (χ4n) is 4.19. The van der Waals surface area contributed by atoms with Gasteiger partial charge in [0.1, 0.15) is 11.7 Å². The summed E-state index contributed by atoms with van der Waals surface area (Å²) in [6.45, 7) is 10.6. The molecule has 7 heteroatoms. The van der Waals surface area contributed by atoms with E-state index in [1.807, 2.05) is 49.9 Å². The molecule has 0 bridgehead atoms. The van der Waals surface area contributed by atoms with Gasteiger partial charge in [0.25, 0.3) is 0 Å². The van der Waals surface area contributed by atoms with Crippen LogP contribution >= 0.6 is 0 Å². The number of nitriles is 1. The molecular formula is C22H27N5O2. The Hall–Kier alpha value is -2.85. The van der Waals surface area contributed by atoms with Crippen molar-refractivity contribution in [3.63, 3.8) is 0 Å². The highest BCUT2D eigenvalue weighted by atomic mass is 16.6. The summed E-state index contributed by atoms with van der Waals surface area (Å²) in [6.07, 6.45) is 1.49. The monoisotopic (exact) mass is 393 g/mol. The first-order valence-corrected chi connectivity index (χ1v) is 10.1. The maximum absolute atomic E-state index is 12.5. The van der Waals surface area contributed by atoms with Crippen LogP contribution in [0.4, 0.5) is 10.5 Å². The van der Waals surface area contributed by atoms with Gasteiger partial charge in [0, 0.05) is 62.6 Å². The third-order valence-electron chi connectivity index (χ3n) is 5.55. The Labute approximate surface area is 171 Å². The number of fused-ring (bicyclic) bond motifs is 2. The average molecular weight is 393 g/mol. The third kappa shape index (κ3) is 3.99. The second-order valence-electron chi connectivity index (χ2n) is 8.71. The highest BCUT2D eigenvalue weighted by Crippen LogP contribution is 2.30. The van der Waals surface area contributed by atoms with E-state index in [0.29, 0.717) is 18.7 Å². The molecular weight excluding hydrogens is 366 g/mol. The van der Waals surface area contributed by atoms with E-state index >= 15 is 0 Å². The van der Waals surface area contributed by atoms with E-state index in [0.717, 1.165) is 42.8 Å². The van der Waals surface area contributed by atoms with Crippen molar-refractivity contribution in [2.45, 2.75) is 32.4 Å². The molecule has 1 amide bonds. The van der Waals surface area contributed by atoms with Gasteiger partial charge in [-0.25, -0.2) is 4.79 Å². The Morgan fingerprint density at radius 2 is 1.97 bits per heavy atom. The van der Waals surface area contributed by atoms with E-state index < -0.39 is 5.60 Å². The zero-order chi connectivity index (χ0) is 20.6. The van der Waals surface area contributed by atoms with Gasteiger partial charge in [-0.1, -0.05) is 0 Å². The molecule has 1 unspecified atom stereocenters. The molecule has 2 aromatic rings. The Balaban J connectivity index is 1.54. The van der Waals surface area contributed by atoms with E-state index in [4.69, 9.17) is 4.74 Å². The molecule has 4 rings (SSSR count). The zero-order valence-electron chi connectivity index (χ0n) is 17.3. The van der Waals surface area contributed by atoms with Gasteiger partial charge in [0.15, 0.2) is 0 Å². The van der Waals surface area contributed by atoms with Crippen molar-refractivity contribution in [1.29, 1.82) is 5.26 Å². The van der Waals surface area contributed by atoms with Crippen LogP contribution < -0.4 is 4.90 Å². The molecule has 0 saturated carbocycles. The predicted molar refractivity (Wildman–Crippen MR) is 112 cm³/mol. The Bertz CT molecular complexity index is 962. The number of carbonyl (C=O) groups is 1. The fourth-order valence-corrected chi connectivity index (χ4v) is 4.19. The topological polar surface area (TPSA) is 72.7 Å². The lowest BCUT2D eigenvalue weighted by Gasteiger charge is -2.48. The Morgan fingerprint density at radius 1 is 1.17 bits per heavy atom. The standard InChI is InChI=1S/C22H27N5O2/c1-22(2,3)29-21(28)27-12-10-25-9-11-26(14-17(25)15-27)19-7-6-16(13-23)20-18(19)5-4-8-24-20/h4-8,17H,9-12,14-15H2,1-3H3. The van der Waals surface area contributed by atoms with Crippen LogP contribution in [0.25, 0.3) is 10.9 Å². The second kappa shape index (κ2) is 7.53. The minimum Gasteiger partial charge on any atom is -0.444 e. The molecule has 1 aromatic heterocycles. The van der Waals surface area contributed by atoms with E-state index in [9.17, 15) is 10.1 Å². The van der Waals surface area contributed by atoms with E-state index in [1.165, 1.54) is 0 Å². The maximum Gasteiger partial charge on any atom is 0.410 e. The first kappa shape index (κ1) is 19.5. The lowest BCUT2D eigenvalue weighted by atomic mass is 10.0. The fraction of sp³-hybridized carbons (Fsp3) is 0.500. The number of benzene rings is 1. The Morgan fingerprint density at radius 3 is 2.72 bits per heavy atom. The van der Waals surface area contributed by atoms with Crippen LogP contribution in [-0.4, -0.2) is 71.8 Å². The number of aromatic nitrogens is 1. The van der Waals surface area contributed by atoms with Crippen molar-refractivity contribution < 1.29 is 9.53 Å². The van der Waals surface area contributed by atoms with Gasteiger partial charge in [-0.2, -0.15) is 5.26 Å². The summed E-state index contributed by atoms with van der Waals surface area (Å²) in [7, 11) is 0. The maximum atomic E-state index is 12.5. The zero-order valence-corrected chi connectivity index (χ0v) is 17.3. The molecule has 7 nitrogen and oxygen atoms in total. The second-order valence-corrected chi connectivity index (χ2v) is 8.71. The molecule has 1 atom stereocenters. The van der Waals surface area contributed by atoms with Crippen molar-refractivity contribution in [2.24, 2.45) is 0 Å². The van der Waals surface area contributed by atoms with Crippen LogP contribution in [0, 0.1) is 11.3 Å². The third-order valence-corrected chi connectivity index (χ3v) is 5.55. The summed E-state index contributed by atoms with van der Waals surface area (Å²) in [5.74, 6) is 0. The predicted octanol–water partition coefficient (Wildman–Crippen LogP) is 2.85. The van der Waals surface area contributed by atoms with Crippen LogP contribution in [0.1, 0.15) is 26.3 Å². The lowest BCUT2D eigenvalue weighted by Crippen LogP contribution is -2.63. The first-order valence-electron chi connectivity index (χ1n) is 10.1. The highest BCUT2D eigenvalue weighted by Gasteiger charge is 2.35. The van der Waals surface area contributed by atoms with Crippen LogP contribution in [0.15, 0.2) is 30.5 Å². The van der Waals surface area contributed by atoms with Crippen molar-refractivity contribution in [3.8, 4) is 6.07 Å². The van der Waals surface area contributed by atoms with Crippen molar-refractivity contribution in [3.05, 3.63) is 36.0 Å². The van der Waals surface area contributed by atoms with Crippen molar-refractivity contribution in [2.75, 3.05) is 44.2 Å². The number of hydrogen-bond donors (Lipinski definition) is 0. The summed E-state index contributed by atoms with van der Waals surface area (Å²) in [5.41, 5.74) is 1.95. The molecule has 0 spiro atoms. The average Bonchev–Trinajstić information content (AvgIpc) is 2.71. The largest absolute Gasteiger partial charge is 0.444 e. The van der Waals surface area contributed by atoms with Gasteiger partial charge >= 0.3 is 6.09 Å². The number of hydrogen-bond acceptors (Lipinski definition) is 6. The molecule has 3 heterocycles. The molecule has 0 N–H and O–H groups in total. The van der Waals surface area contributed by atoms with Crippen LogP contribution in [-0.2, 0) is 4.74 Å². The van der Waals surface area contributed by atoms with E-state index in [2.05, 4.69) is 20.9 Å². The first-order chi connectivity index (χ1) is 13.9. The molecule has 2 saturated heterocycles. The molecule has 0 radical (unpaired) electrons. The molecule has 2 aliphatic heterocycles. The van der Waals surface area contributed by atoms with E-state index in [1.54, 1.807) is 6.20 Å². The number of rotatable bonds is 1. The smallest absolute Gasteiger partial charge is 0.410 e. The van der Waals surface area contributed by atoms with Gasteiger partial charge in [-0.3, -0.25) is 9.88 Å². The van der Waals surface area contributed by atoms with Gasteiger partial charge in [0.2, 0.25) is 0 Å². The van der Waals surface area contributed by atoms with E-state index in [-0.39, 0.29) is 12.1 Å². The SMILES string of the molecule is CC(C)(C)OC(=O)N1CCN2CCN(c3ccc(C#N)c4ncccc34)CC2C1. The molecule has 1 aromatic carbocycles. The quantitative estimate of drug-likeness (QED) is 0.742. The normalized spacial score (nSPS) is 20.3. The molecule has 29 heavy (non-hydrogen) atoms. The summed E-state index contributed by atoms with van der Waals surface area (Å²) >= 11 is 0. The minimum absolute atomic E-state index is 0.234. The van der Waals surface area contributed by atoms with Gasteiger partial charge < -0.3 is 14.5 Å². The van der Waals surface area contributed by atoms with Crippen molar-refractivity contribution >= 4 is 22.7 Å². The summed E-state index contributed by atoms with van der Waals surface area (Å²) in [4.78, 5) is 23.6. The van der Waals surface area contributed by atoms with Gasteiger partial charge in [0.05, 0.1) is 11.1 Å². The summed E-state index contributed by atoms with van der Waals surface area (Å²) < 4.78 is 5.57. The number of anilines is 1. The number of piperazine rings is 2. The van der Waals surface area contributed by atoms with Crippen LogP contribution in [0.2, 0.25) is 0 Å². The van der Waals surface area contributed by atoms with Gasteiger partial charge in [-0.05, 0) is 45.0 Å². The lowest BCUT2D eigenvalue weighted by molar-refractivity contribution is 0.00219. The number of ether oxygens (including phenoxy) is 1. The molecule has 2 aliphatic rings. The van der Waals surface area contributed by atoms with Crippen LogP contribution in [0.5, 0.6) is 0 Å². The molecule has 0 aliphatic carbocycles. The number of pyridine rings is 1. The number of carbonyl (C=O) groups excluding carboxylic acids is 1. The summed E-state index contributed by atoms with van der Waals surface area (Å²) in [5, 5.41) is 10.4. The van der Waals surface area contributed by atoms with Crippen molar-refractivity contribution in [1.82, 2.24) is 14.8 Å². The number of nitrogens with zero attached hydrogens (tertiary/aromatic N) is 5. The summed E-state index contributed by atoms with van der Waals surface area (Å²) in [6, 6.07) is 10.3. The number of amides is 1.